The van der Waals surface area contributed by atoms with Crippen LogP contribution in [0.25, 0.3) is 0 Å². The third-order valence-electron chi connectivity index (χ3n) is 2.14. The standard InChI is InChI=1S/C10H8ClN3O3S/c11-18(16,17)8-3-1-7(2-4-8)13-10(15)9-5-6-12-14-9/h1-6H,(H,12,14)(H,13,15). The Balaban J connectivity index is 2.14. The van der Waals surface area contributed by atoms with Gasteiger partial charge in [-0.15, -0.1) is 0 Å². The number of hydrogen-bond acceptors (Lipinski definition) is 4. The van der Waals surface area contributed by atoms with Gasteiger partial charge in [0.1, 0.15) is 5.69 Å². The molecule has 0 aliphatic heterocycles. The number of halogens is 1. The molecule has 1 aromatic carbocycles. The molecule has 94 valence electrons. The Hall–Kier alpha value is -1.86. The van der Waals surface area contributed by atoms with Crippen LogP contribution in [-0.4, -0.2) is 24.5 Å². The topological polar surface area (TPSA) is 91.9 Å². The molecule has 2 N–H and O–H groups in total. The van der Waals surface area contributed by atoms with Crippen molar-refractivity contribution < 1.29 is 13.2 Å². The monoisotopic (exact) mass is 285 g/mol. The van der Waals surface area contributed by atoms with Gasteiger partial charge in [0, 0.05) is 22.6 Å². The van der Waals surface area contributed by atoms with E-state index >= 15 is 0 Å². The Labute approximate surface area is 107 Å². The molecule has 0 fully saturated rings. The summed E-state index contributed by atoms with van der Waals surface area (Å²) in [5.41, 5.74) is 0.766. The molecule has 0 atom stereocenters. The van der Waals surface area contributed by atoms with E-state index in [-0.39, 0.29) is 10.8 Å². The van der Waals surface area contributed by atoms with E-state index in [9.17, 15) is 13.2 Å². The van der Waals surface area contributed by atoms with Gasteiger partial charge < -0.3 is 5.32 Å². The molecular weight excluding hydrogens is 278 g/mol. The fraction of sp³-hybridized carbons (Fsp3) is 0. The van der Waals surface area contributed by atoms with Gasteiger partial charge in [-0.05, 0) is 30.3 Å². The Kier molecular flexibility index (Phi) is 3.35. The first kappa shape index (κ1) is 12.6. The summed E-state index contributed by atoms with van der Waals surface area (Å²) in [6.45, 7) is 0. The normalized spacial score (nSPS) is 11.2. The lowest BCUT2D eigenvalue weighted by Gasteiger charge is -2.03. The number of anilines is 1. The lowest BCUT2D eigenvalue weighted by atomic mass is 10.3. The number of carbonyl (C=O) groups excluding carboxylic acids is 1. The van der Waals surface area contributed by atoms with Crippen LogP contribution in [0.4, 0.5) is 5.69 Å². The molecule has 0 unspecified atom stereocenters. The van der Waals surface area contributed by atoms with E-state index in [1.54, 1.807) is 0 Å². The molecule has 0 radical (unpaired) electrons. The maximum Gasteiger partial charge on any atom is 0.273 e. The van der Waals surface area contributed by atoms with Gasteiger partial charge in [0.15, 0.2) is 0 Å². The van der Waals surface area contributed by atoms with Crippen molar-refractivity contribution >= 4 is 31.3 Å². The van der Waals surface area contributed by atoms with E-state index in [2.05, 4.69) is 15.5 Å². The first-order chi connectivity index (χ1) is 8.47. The SMILES string of the molecule is O=C(Nc1ccc(S(=O)(=O)Cl)cc1)c1ccn[nH]1. The largest absolute Gasteiger partial charge is 0.321 e. The average molecular weight is 286 g/mol. The second-order valence-electron chi connectivity index (χ2n) is 3.39. The number of rotatable bonds is 3. The predicted octanol–water partition coefficient (Wildman–Crippen LogP) is 1.59. The number of amides is 1. The zero-order valence-electron chi connectivity index (χ0n) is 8.92. The summed E-state index contributed by atoms with van der Waals surface area (Å²) in [4.78, 5) is 11.6. The first-order valence-corrected chi connectivity index (χ1v) is 7.13. The zero-order valence-corrected chi connectivity index (χ0v) is 10.5. The molecular formula is C10H8ClN3O3S. The van der Waals surface area contributed by atoms with Crippen LogP contribution in [0.3, 0.4) is 0 Å². The molecule has 18 heavy (non-hydrogen) atoms. The van der Waals surface area contributed by atoms with E-state index in [0.717, 1.165) is 0 Å². The van der Waals surface area contributed by atoms with Crippen molar-refractivity contribution in [2.75, 3.05) is 5.32 Å². The third-order valence-corrected chi connectivity index (χ3v) is 3.51. The molecule has 0 bridgehead atoms. The van der Waals surface area contributed by atoms with Crippen molar-refractivity contribution in [2.24, 2.45) is 0 Å². The minimum absolute atomic E-state index is 0.0243. The average Bonchev–Trinajstić information content (AvgIpc) is 2.82. The van der Waals surface area contributed by atoms with Crippen molar-refractivity contribution in [3.63, 3.8) is 0 Å². The fourth-order valence-electron chi connectivity index (χ4n) is 1.28. The van der Waals surface area contributed by atoms with E-state index in [0.29, 0.717) is 11.4 Å². The summed E-state index contributed by atoms with van der Waals surface area (Å²) >= 11 is 0. The van der Waals surface area contributed by atoms with Crippen LogP contribution in [0.2, 0.25) is 0 Å². The minimum atomic E-state index is -3.75. The van der Waals surface area contributed by atoms with E-state index in [1.165, 1.54) is 36.5 Å². The van der Waals surface area contributed by atoms with Crippen LogP contribution in [0.5, 0.6) is 0 Å². The summed E-state index contributed by atoms with van der Waals surface area (Å²) in [5.74, 6) is -0.367. The van der Waals surface area contributed by atoms with E-state index < -0.39 is 9.05 Å². The molecule has 0 saturated heterocycles. The van der Waals surface area contributed by atoms with Crippen LogP contribution in [0, 0.1) is 0 Å². The second kappa shape index (κ2) is 4.79. The number of aromatic amines is 1. The lowest BCUT2D eigenvalue weighted by Crippen LogP contribution is -2.12. The van der Waals surface area contributed by atoms with Gasteiger partial charge >= 0.3 is 0 Å². The first-order valence-electron chi connectivity index (χ1n) is 4.82. The number of hydrogen-bond donors (Lipinski definition) is 2. The summed E-state index contributed by atoms with van der Waals surface area (Å²) in [7, 11) is 1.42. The molecule has 0 aliphatic carbocycles. The Morgan fingerprint density at radius 1 is 1.22 bits per heavy atom. The molecule has 0 aliphatic rings. The molecule has 2 rings (SSSR count). The zero-order chi connectivity index (χ0) is 13.2. The third kappa shape index (κ3) is 2.88. The number of nitrogens with zero attached hydrogens (tertiary/aromatic N) is 1. The quantitative estimate of drug-likeness (QED) is 0.838. The highest BCUT2D eigenvalue weighted by atomic mass is 35.7. The molecule has 0 spiro atoms. The van der Waals surface area contributed by atoms with Gasteiger partial charge in [0.25, 0.3) is 15.0 Å². The number of aromatic nitrogens is 2. The maximum absolute atomic E-state index is 11.6. The van der Waals surface area contributed by atoms with Crippen molar-refractivity contribution in [1.29, 1.82) is 0 Å². The molecule has 1 aromatic heterocycles. The number of carbonyl (C=O) groups is 1. The smallest absolute Gasteiger partial charge is 0.273 e. The molecule has 8 heteroatoms. The van der Waals surface area contributed by atoms with Gasteiger partial charge in [-0.25, -0.2) is 8.42 Å². The van der Waals surface area contributed by atoms with Gasteiger partial charge in [0.05, 0.1) is 4.90 Å². The Bertz CT molecular complexity index is 650. The summed E-state index contributed by atoms with van der Waals surface area (Å²) in [5, 5.41) is 8.74. The molecule has 6 nitrogen and oxygen atoms in total. The highest BCUT2D eigenvalue weighted by Crippen LogP contribution is 2.17. The van der Waals surface area contributed by atoms with Crippen molar-refractivity contribution in [1.82, 2.24) is 10.2 Å². The van der Waals surface area contributed by atoms with E-state index in [1.807, 2.05) is 0 Å². The summed E-state index contributed by atoms with van der Waals surface area (Å²) in [6, 6.07) is 7.04. The van der Waals surface area contributed by atoms with Crippen LogP contribution in [0.1, 0.15) is 10.5 Å². The Morgan fingerprint density at radius 3 is 2.39 bits per heavy atom. The Morgan fingerprint density at radius 2 is 1.89 bits per heavy atom. The van der Waals surface area contributed by atoms with Crippen molar-refractivity contribution in [3.8, 4) is 0 Å². The van der Waals surface area contributed by atoms with Crippen LogP contribution in [0.15, 0.2) is 41.4 Å². The second-order valence-corrected chi connectivity index (χ2v) is 5.95. The van der Waals surface area contributed by atoms with Crippen LogP contribution < -0.4 is 5.32 Å². The maximum atomic E-state index is 11.6. The summed E-state index contributed by atoms with van der Waals surface area (Å²) in [6.07, 6.45) is 1.46. The summed E-state index contributed by atoms with van der Waals surface area (Å²) < 4.78 is 22.0. The van der Waals surface area contributed by atoms with Gasteiger partial charge in [-0.3, -0.25) is 9.89 Å². The molecule has 1 heterocycles. The molecule has 1 amide bonds. The van der Waals surface area contributed by atoms with Crippen LogP contribution >= 0.6 is 10.7 Å². The van der Waals surface area contributed by atoms with Crippen molar-refractivity contribution in [3.05, 3.63) is 42.2 Å². The fourth-order valence-corrected chi connectivity index (χ4v) is 2.05. The highest BCUT2D eigenvalue weighted by Gasteiger charge is 2.10. The van der Waals surface area contributed by atoms with Crippen molar-refractivity contribution in [2.45, 2.75) is 4.90 Å². The number of H-pyrrole nitrogens is 1. The predicted molar refractivity (Wildman–Crippen MR) is 66.0 cm³/mol. The minimum Gasteiger partial charge on any atom is -0.321 e. The van der Waals surface area contributed by atoms with Gasteiger partial charge in [0.2, 0.25) is 0 Å². The lowest BCUT2D eigenvalue weighted by molar-refractivity contribution is 0.102. The number of benzene rings is 1. The number of nitrogens with one attached hydrogen (secondary N) is 2. The van der Waals surface area contributed by atoms with Gasteiger partial charge in [-0.2, -0.15) is 5.10 Å². The highest BCUT2D eigenvalue weighted by molar-refractivity contribution is 8.13. The van der Waals surface area contributed by atoms with E-state index in [4.69, 9.17) is 10.7 Å². The molecule has 2 aromatic rings. The van der Waals surface area contributed by atoms with Crippen LogP contribution in [-0.2, 0) is 9.05 Å². The molecule has 0 saturated carbocycles. The van der Waals surface area contributed by atoms with Gasteiger partial charge in [-0.1, -0.05) is 0 Å².